The van der Waals surface area contributed by atoms with Gasteiger partial charge < -0.3 is 15.3 Å². The number of nitrogens with zero attached hydrogens (tertiary/aromatic N) is 1. The topological polar surface area (TPSA) is 86.7 Å². The fourth-order valence-corrected chi connectivity index (χ4v) is 4.13. The molecule has 24 heavy (non-hydrogen) atoms. The summed E-state index contributed by atoms with van der Waals surface area (Å²) in [5.74, 6) is 0.0545. The van der Waals surface area contributed by atoms with E-state index in [1.165, 1.54) is 6.26 Å². The molecule has 1 fully saturated rings. The molecule has 0 aliphatic carbocycles. The van der Waals surface area contributed by atoms with Crippen LogP contribution in [0.1, 0.15) is 17.5 Å². The lowest BCUT2D eigenvalue weighted by Gasteiger charge is -2.23. The van der Waals surface area contributed by atoms with E-state index in [9.17, 15) is 18.3 Å². The molecular weight excluding hydrogens is 328 g/mol. The zero-order valence-electron chi connectivity index (χ0n) is 13.9. The molecule has 2 aliphatic rings. The molecule has 1 amide bonds. The maximum atomic E-state index is 12.5. The van der Waals surface area contributed by atoms with E-state index >= 15 is 0 Å². The number of aliphatic hydroxyl groups excluding tert-OH is 1. The highest BCUT2D eigenvalue weighted by Gasteiger charge is 2.29. The summed E-state index contributed by atoms with van der Waals surface area (Å²) in [5, 5.41) is 12.9. The molecule has 3 rings (SSSR count). The first-order valence-electron chi connectivity index (χ1n) is 8.33. The van der Waals surface area contributed by atoms with Crippen molar-refractivity contribution in [3.8, 4) is 0 Å². The Morgan fingerprint density at radius 1 is 1.25 bits per heavy atom. The Labute approximate surface area is 142 Å². The summed E-state index contributed by atoms with van der Waals surface area (Å²) in [6, 6.07) is 5.25. The van der Waals surface area contributed by atoms with Gasteiger partial charge in [-0.15, -0.1) is 0 Å². The first-order chi connectivity index (χ1) is 11.3. The number of carbonyl (C=O) groups is 1. The summed E-state index contributed by atoms with van der Waals surface area (Å²) < 4.78 is 23.4. The lowest BCUT2D eigenvalue weighted by atomic mass is 10.0. The highest BCUT2D eigenvalue weighted by molar-refractivity contribution is 7.90. The Hall–Kier alpha value is -1.44. The van der Waals surface area contributed by atoms with Gasteiger partial charge in [0.05, 0.1) is 11.0 Å². The molecule has 2 N–H and O–H groups in total. The van der Waals surface area contributed by atoms with Crippen molar-refractivity contribution in [3.63, 3.8) is 0 Å². The van der Waals surface area contributed by atoms with E-state index in [1.807, 2.05) is 11.0 Å². The SMILES string of the molecule is CS(=O)(=O)c1ccc2c(c1)CCN(C(=O)C[C@@H]1CNC[C@H]1O)CC2. The van der Waals surface area contributed by atoms with Gasteiger partial charge in [-0.25, -0.2) is 8.42 Å². The Bertz CT molecular complexity index is 732. The van der Waals surface area contributed by atoms with Crippen molar-refractivity contribution < 1.29 is 18.3 Å². The summed E-state index contributed by atoms with van der Waals surface area (Å²) in [6.45, 7) is 2.46. The minimum atomic E-state index is -3.22. The molecule has 0 saturated carbocycles. The van der Waals surface area contributed by atoms with Crippen LogP contribution in [-0.2, 0) is 27.5 Å². The van der Waals surface area contributed by atoms with E-state index in [0.29, 0.717) is 43.9 Å². The highest BCUT2D eigenvalue weighted by Crippen LogP contribution is 2.22. The molecule has 2 atom stereocenters. The van der Waals surface area contributed by atoms with E-state index in [1.54, 1.807) is 12.1 Å². The molecule has 0 radical (unpaired) electrons. The minimum absolute atomic E-state index is 0.0139. The molecule has 2 aliphatic heterocycles. The van der Waals surface area contributed by atoms with Crippen molar-refractivity contribution in [3.05, 3.63) is 29.3 Å². The molecule has 0 bridgehead atoms. The number of nitrogens with one attached hydrogen (secondary N) is 1. The predicted octanol–water partition coefficient (Wildman–Crippen LogP) is -0.0123. The number of β-amino-alcohol motifs (C(OH)–C–C–N with tert-alkyl or cyclic N) is 1. The van der Waals surface area contributed by atoms with Gasteiger partial charge >= 0.3 is 0 Å². The van der Waals surface area contributed by atoms with Crippen molar-refractivity contribution >= 4 is 15.7 Å². The quantitative estimate of drug-likeness (QED) is 0.799. The normalized spacial score (nSPS) is 24.5. The third kappa shape index (κ3) is 3.79. The predicted molar refractivity (Wildman–Crippen MR) is 90.5 cm³/mol. The Morgan fingerprint density at radius 2 is 1.96 bits per heavy atom. The smallest absolute Gasteiger partial charge is 0.223 e. The minimum Gasteiger partial charge on any atom is -0.391 e. The lowest BCUT2D eigenvalue weighted by Crippen LogP contribution is -2.36. The van der Waals surface area contributed by atoms with Crippen LogP contribution in [0.2, 0.25) is 0 Å². The van der Waals surface area contributed by atoms with E-state index in [-0.39, 0.29) is 11.8 Å². The zero-order valence-corrected chi connectivity index (χ0v) is 14.7. The van der Waals surface area contributed by atoms with Crippen LogP contribution in [0.15, 0.2) is 23.1 Å². The maximum absolute atomic E-state index is 12.5. The van der Waals surface area contributed by atoms with Crippen LogP contribution in [0.5, 0.6) is 0 Å². The number of benzene rings is 1. The molecule has 0 spiro atoms. The van der Waals surface area contributed by atoms with Gasteiger partial charge in [-0.2, -0.15) is 0 Å². The maximum Gasteiger partial charge on any atom is 0.223 e. The Kier molecular flexibility index (Phi) is 4.94. The van der Waals surface area contributed by atoms with Crippen LogP contribution in [0.3, 0.4) is 0 Å². The van der Waals surface area contributed by atoms with Crippen LogP contribution in [-0.4, -0.2) is 62.9 Å². The summed E-state index contributed by atoms with van der Waals surface area (Å²) in [6.07, 6.45) is 2.52. The number of sulfone groups is 1. The average Bonchev–Trinajstić information content (AvgIpc) is 2.81. The molecule has 1 aromatic rings. The molecular formula is C17H24N2O4S. The lowest BCUT2D eigenvalue weighted by molar-refractivity contribution is -0.132. The van der Waals surface area contributed by atoms with E-state index in [0.717, 1.165) is 17.5 Å². The molecule has 0 aromatic heterocycles. The molecule has 132 valence electrons. The third-order valence-electron chi connectivity index (χ3n) is 5.00. The first kappa shape index (κ1) is 17.4. The number of carbonyl (C=O) groups excluding carboxylic acids is 1. The standard InChI is InChI=1S/C17H24N2O4S/c1-24(22,23)15-3-2-12-4-6-19(7-5-13(12)8-15)17(21)9-14-10-18-11-16(14)20/h2-3,8,14,16,18,20H,4-7,9-11H2,1H3/t14-,16-/m1/s1. The van der Waals surface area contributed by atoms with Crippen molar-refractivity contribution in [2.24, 2.45) is 5.92 Å². The van der Waals surface area contributed by atoms with Gasteiger partial charge in [-0.05, 0) is 36.1 Å². The van der Waals surface area contributed by atoms with Crippen LogP contribution >= 0.6 is 0 Å². The van der Waals surface area contributed by atoms with Crippen molar-refractivity contribution in [1.82, 2.24) is 10.2 Å². The van der Waals surface area contributed by atoms with Gasteiger partial charge in [0.15, 0.2) is 9.84 Å². The summed E-state index contributed by atoms with van der Waals surface area (Å²) in [7, 11) is -3.22. The average molecular weight is 352 g/mol. The Balaban J connectivity index is 1.68. The molecule has 7 heteroatoms. The summed E-state index contributed by atoms with van der Waals surface area (Å²) in [4.78, 5) is 14.7. The number of fused-ring (bicyclic) bond motifs is 1. The van der Waals surface area contributed by atoms with Gasteiger partial charge in [0.25, 0.3) is 0 Å². The largest absolute Gasteiger partial charge is 0.391 e. The molecule has 1 saturated heterocycles. The fourth-order valence-electron chi connectivity index (χ4n) is 3.46. The fraction of sp³-hybridized carbons (Fsp3) is 0.588. The molecule has 6 nitrogen and oxygen atoms in total. The van der Waals surface area contributed by atoms with Gasteiger partial charge in [0.2, 0.25) is 5.91 Å². The van der Waals surface area contributed by atoms with Crippen molar-refractivity contribution in [2.75, 3.05) is 32.4 Å². The second-order valence-corrected chi connectivity index (χ2v) is 8.79. The van der Waals surface area contributed by atoms with Gasteiger partial charge in [0.1, 0.15) is 0 Å². The third-order valence-corrected chi connectivity index (χ3v) is 6.11. The molecule has 0 unspecified atom stereocenters. The monoisotopic (exact) mass is 352 g/mol. The summed E-state index contributed by atoms with van der Waals surface area (Å²) >= 11 is 0. The van der Waals surface area contributed by atoms with Gasteiger partial charge in [-0.1, -0.05) is 6.07 Å². The Morgan fingerprint density at radius 3 is 2.58 bits per heavy atom. The van der Waals surface area contributed by atoms with Crippen LogP contribution in [0.25, 0.3) is 0 Å². The van der Waals surface area contributed by atoms with Crippen LogP contribution < -0.4 is 5.32 Å². The number of amides is 1. The van der Waals surface area contributed by atoms with Crippen molar-refractivity contribution in [2.45, 2.75) is 30.3 Å². The van der Waals surface area contributed by atoms with E-state index < -0.39 is 15.9 Å². The van der Waals surface area contributed by atoms with Gasteiger partial charge in [-0.3, -0.25) is 4.79 Å². The number of aliphatic hydroxyl groups is 1. The number of hydrogen-bond donors (Lipinski definition) is 2. The second kappa shape index (κ2) is 6.82. The van der Waals surface area contributed by atoms with Gasteiger partial charge in [0, 0.05) is 44.8 Å². The molecule has 1 aromatic carbocycles. The number of hydrogen-bond acceptors (Lipinski definition) is 5. The summed E-state index contributed by atoms with van der Waals surface area (Å²) in [5.41, 5.74) is 2.12. The van der Waals surface area contributed by atoms with E-state index in [2.05, 4.69) is 5.32 Å². The number of rotatable bonds is 3. The van der Waals surface area contributed by atoms with Crippen LogP contribution in [0.4, 0.5) is 0 Å². The molecule has 2 heterocycles. The zero-order chi connectivity index (χ0) is 17.3. The highest BCUT2D eigenvalue weighted by atomic mass is 32.2. The van der Waals surface area contributed by atoms with E-state index in [4.69, 9.17) is 0 Å². The van der Waals surface area contributed by atoms with Crippen molar-refractivity contribution in [1.29, 1.82) is 0 Å². The van der Waals surface area contributed by atoms with Crippen LogP contribution in [0, 0.1) is 5.92 Å². The first-order valence-corrected chi connectivity index (χ1v) is 10.2. The second-order valence-electron chi connectivity index (χ2n) is 6.77.